The van der Waals surface area contributed by atoms with Gasteiger partial charge in [-0.2, -0.15) is 13.2 Å². The van der Waals surface area contributed by atoms with Gasteiger partial charge >= 0.3 is 11.8 Å². The second kappa shape index (κ2) is 7.54. The van der Waals surface area contributed by atoms with Crippen LogP contribution in [0.4, 0.5) is 13.2 Å². The topological polar surface area (TPSA) is 61.8 Å². The van der Waals surface area contributed by atoms with Gasteiger partial charge in [0, 0.05) is 18.6 Å². The van der Waals surface area contributed by atoms with Crippen LogP contribution in [-0.2, 0) is 6.18 Å². The van der Waals surface area contributed by atoms with Gasteiger partial charge in [0.05, 0.1) is 35.8 Å². The number of rotatable bonds is 6. The summed E-state index contributed by atoms with van der Waals surface area (Å²) in [6.07, 6.45) is -2.48. The third-order valence-corrected chi connectivity index (χ3v) is 4.27. The molecular formula is C21H15F3O5. The van der Waals surface area contributed by atoms with E-state index in [9.17, 15) is 18.0 Å². The second-order valence-electron chi connectivity index (χ2n) is 6.28. The molecule has 0 fully saturated rings. The number of hydrogen-bond acceptors (Lipinski definition) is 5. The van der Waals surface area contributed by atoms with Gasteiger partial charge in [0.25, 0.3) is 0 Å². The molecule has 8 heteroatoms. The Labute approximate surface area is 162 Å². The Balaban J connectivity index is 1.43. The molecule has 150 valence electrons. The zero-order chi connectivity index (χ0) is 20.4. The van der Waals surface area contributed by atoms with Crippen LogP contribution < -0.4 is 15.1 Å². The van der Waals surface area contributed by atoms with Crippen molar-refractivity contribution in [2.75, 3.05) is 13.2 Å². The van der Waals surface area contributed by atoms with Gasteiger partial charge in [-0.3, -0.25) is 0 Å². The van der Waals surface area contributed by atoms with Crippen molar-refractivity contribution in [3.63, 3.8) is 0 Å². The van der Waals surface area contributed by atoms with Crippen LogP contribution in [0.3, 0.4) is 0 Å². The molecular weight excluding hydrogens is 389 g/mol. The van der Waals surface area contributed by atoms with E-state index in [0.717, 1.165) is 17.5 Å². The largest absolute Gasteiger partial charge is 0.493 e. The van der Waals surface area contributed by atoms with E-state index in [1.54, 1.807) is 18.2 Å². The summed E-state index contributed by atoms with van der Waals surface area (Å²) in [4.78, 5) is 11.5. The van der Waals surface area contributed by atoms with Crippen molar-refractivity contribution in [1.82, 2.24) is 0 Å². The fraction of sp³-hybridized carbons (Fsp3) is 0.190. The number of ether oxygens (including phenoxy) is 2. The molecule has 0 saturated carbocycles. The molecule has 0 bridgehead atoms. The lowest BCUT2D eigenvalue weighted by atomic mass is 10.1. The molecule has 0 radical (unpaired) electrons. The van der Waals surface area contributed by atoms with E-state index in [2.05, 4.69) is 0 Å². The molecule has 0 unspecified atom stereocenters. The minimum absolute atomic E-state index is 0.143. The summed E-state index contributed by atoms with van der Waals surface area (Å²) in [5, 5.41) is 1.35. The Morgan fingerprint density at radius 3 is 2.52 bits per heavy atom. The fourth-order valence-electron chi connectivity index (χ4n) is 2.95. The van der Waals surface area contributed by atoms with Crippen molar-refractivity contribution in [3.05, 3.63) is 70.8 Å². The zero-order valence-corrected chi connectivity index (χ0v) is 15.0. The van der Waals surface area contributed by atoms with Gasteiger partial charge in [-0.1, -0.05) is 6.07 Å². The van der Waals surface area contributed by atoms with E-state index in [1.807, 2.05) is 0 Å². The molecule has 4 rings (SSSR count). The third kappa shape index (κ3) is 4.06. The lowest BCUT2D eigenvalue weighted by molar-refractivity contribution is -0.137. The molecule has 0 aliphatic heterocycles. The van der Waals surface area contributed by atoms with Crippen molar-refractivity contribution in [2.24, 2.45) is 0 Å². The van der Waals surface area contributed by atoms with E-state index in [1.165, 1.54) is 24.5 Å². The van der Waals surface area contributed by atoms with Crippen LogP contribution in [-0.4, -0.2) is 13.2 Å². The molecule has 5 nitrogen and oxygen atoms in total. The average Bonchev–Trinajstić information content (AvgIpc) is 3.14. The van der Waals surface area contributed by atoms with Crippen molar-refractivity contribution in [2.45, 2.75) is 12.6 Å². The molecule has 0 aliphatic carbocycles. The number of hydrogen-bond donors (Lipinski definition) is 0. The quantitative estimate of drug-likeness (QED) is 0.318. The van der Waals surface area contributed by atoms with Crippen molar-refractivity contribution in [1.29, 1.82) is 0 Å². The number of fused-ring (bicyclic) bond motifs is 2. The average molecular weight is 404 g/mol. The van der Waals surface area contributed by atoms with Crippen molar-refractivity contribution >= 4 is 21.9 Å². The number of benzene rings is 2. The molecule has 2 heterocycles. The molecule has 2 aromatic carbocycles. The normalized spacial score (nSPS) is 11.8. The summed E-state index contributed by atoms with van der Waals surface area (Å²) in [6, 6.07) is 11.0. The lowest BCUT2D eigenvalue weighted by Gasteiger charge is -2.12. The van der Waals surface area contributed by atoms with Crippen LogP contribution in [0.5, 0.6) is 11.5 Å². The molecule has 0 atom stereocenters. The zero-order valence-electron chi connectivity index (χ0n) is 15.0. The van der Waals surface area contributed by atoms with Gasteiger partial charge in [-0.25, -0.2) is 4.79 Å². The van der Waals surface area contributed by atoms with Gasteiger partial charge in [0.2, 0.25) is 0 Å². The van der Waals surface area contributed by atoms with Gasteiger partial charge in [-0.15, -0.1) is 0 Å². The summed E-state index contributed by atoms with van der Waals surface area (Å²) < 4.78 is 60.1. The highest BCUT2D eigenvalue weighted by molar-refractivity contribution is 6.01. The summed E-state index contributed by atoms with van der Waals surface area (Å²) in [5.74, 6) is 0.651. The van der Waals surface area contributed by atoms with Gasteiger partial charge < -0.3 is 18.3 Å². The Bertz CT molecular complexity index is 1210. The molecule has 0 saturated heterocycles. The Kier molecular flexibility index (Phi) is 4.92. The van der Waals surface area contributed by atoms with Gasteiger partial charge in [-0.05, 0) is 30.3 Å². The first-order valence-corrected chi connectivity index (χ1v) is 8.79. The van der Waals surface area contributed by atoms with Gasteiger partial charge in [0.1, 0.15) is 22.7 Å². The Morgan fingerprint density at radius 1 is 0.897 bits per heavy atom. The van der Waals surface area contributed by atoms with Crippen LogP contribution in [0.15, 0.2) is 68.4 Å². The van der Waals surface area contributed by atoms with Crippen molar-refractivity contribution < 1.29 is 31.5 Å². The van der Waals surface area contributed by atoms with Crippen LogP contribution in [0.25, 0.3) is 21.9 Å². The minimum Gasteiger partial charge on any atom is -0.493 e. The monoisotopic (exact) mass is 404 g/mol. The predicted octanol–water partition coefficient (Wildman–Crippen LogP) is 5.41. The molecule has 0 spiro atoms. The smallest absolute Gasteiger partial charge is 0.416 e. The number of halogens is 3. The summed E-state index contributed by atoms with van der Waals surface area (Å²) >= 11 is 0. The molecule has 4 aromatic rings. The predicted molar refractivity (Wildman–Crippen MR) is 99.3 cm³/mol. The van der Waals surface area contributed by atoms with E-state index in [-0.39, 0.29) is 19.0 Å². The van der Waals surface area contributed by atoms with Gasteiger partial charge in [0.15, 0.2) is 0 Å². The second-order valence-corrected chi connectivity index (χ2v) is 6.28. The van der Waals surface area contributed by atoms with E-state index >= 15 is 0 Å². The number of furan rings is 1. The first kappa shape index (κ1) is 18.9. The number of alkyl halides is 3. The van der Waals surface area contributed by atoms with E-state index in [0.29, 0.717) is 28.7 Å². The van der Waals surface area contributed by atoms with Crippen LogP contribution >= 0.6 is 0 Å². The molecule has 0 aliphatic rings. The Morgan fingerprint density at radius 2 is 1.69 bits per heavy atom. The van der Waals surface area contributed by atoms with E-state index < -0.39 is 17.4 Å². The minimum atomic E-state index is -4.41. The lowest BCUT2D eigenvalue weighted by Crippen LogP contribution is -2.07. The SMILES string of the molecule is O=c1ccc2c(OCCCOc3cccc(C(F)(F)F)c3)c3ccoc3cc2o1. The summed E-state index contributed by atoms with van der Waals surface area (Å²) in [7, 11) is 0. The standard InChI is InChI=1S/C21H15F3O5/c22-21(23,24)13-3-1-4-14(11-13)26-8-2-9-28-20-15-5-6-19(25)29-18(15)12-17-16(20)7-10-27-17/h1,3-7,10-12H,2,8-9H2. The van der Waals surface area contributed by atoms with E-state index in [4.69, 9.17) is 18.3 Å². The van der Waals surface area contributed by atoms with Crippen molar-refractivity contribution in [3.8, 4) is 11.5 Å². The fourth-order valence-corrected chi connectivity index (χ4v) is 2.95. The highest BCUT2D eigenvalue weighted by Gasteiger charge is 2.30. The summed E-state index contributed by atoms with van der Waals surface area (Å²) in [5.41, 5.74) is -0.382. The molecule has 0 N–H and O–H groups in total. The first-order chi connectivity index (χ1) is 13.9. The highest BCUT2D eigenvalue weighted by atomic mass is 19.4. The first-order valence-electron chi connectivity index (χ1n) is 8.79. The third-order valence-electron chi connectivity index (χ3n) is 4.27. The maximum absolute atomic E-state index is 12.7. The van der Waals surface area contributed by atoms with Crippen LogP contribution in [0.2, 0.25) is 0 Å². The maximum Gasteiger partial charge on any atom is 0.416 e. The van der Waals surface area contributed by atoms with Crippen LogP contribution in [0.1, 0.15) is 12.0 Å². The maximum atomic E-state index is 12.7. The van der Waals surface area contributed by atoms with Crippen LogP contribution in [0, 0.1) is 0 Å². The molecule has 2 aromatic heterocycles. The summed E-state index contributed by atoms with van der Waals surface area (Å²) in [6.45, 7) is 0.424. The Hall–Kier alpha value is -3.42. The molecule has 0 amide bonds. The highest BCUT2D eigenvalue weighted by Crippen LogP contribution is 2.35. The molecule has 29 heavy (non-hydrogen) atoms.